The zero-order valence-corrected chi connectivity index (χ0v) is 17.2. The first kappa shape index (κ1) is 19.8. The van der Waals surface area contributed by atoms with Gasteiger partial charge < -0.3 is 14.8 Å². The number of hydrogen-bond acceptors (Lipinski definition) is 5. The molecule has 8 heteroatoms. The number of hydrogen-bond donors (Lipinski definition) is 2. The van der Waals surface area contributed by atoms with E-state index >= 15 is 0 Å². The highest BCUT2D eigenvalue weighted by Gasteiger charge is 2.21. The number of rotatable bonds is 5. The standard InChI is InChI=1S/C22H20N2O5S/c1-14-5-3-4-6-18(14)24-30(26,27)21-11-16(8-7-15(21)2)22(25)23-17-9-10-19-20(12-17)29-13-28-19/h3-12,24H,13H2,1-2H3,(H,23,25). The number of nitrogens with one attached hydrogen (secondary N) is 2. The fourth-order valence-electron chi connectivity index (χ4n) is 3.10. The number of anilines is 2. The first-order valence-electron chi connectivity index (χ1n) is 9.23. The number of aryl methyl sites for hydroxylation is 2. The van der Waals surface area contributed by atoms with Crippen molar-refractivity contribution in [3.05, 3.63) is 77.4 Å². The molecule has 0 spiro atoms. The Morgan fingerprint density at radius 1 is 0.900 bits per heavy atom. The Labute approximate surface area is 174 Å². The summed E-state index contributed by atoms with van der Waals surface area (Å²) in [6.45, 7) is 3.64. The van der Waals surface area contributed by atoms with E-state index in [2.05, 4.69) is 10.0 Å². The number of fused-ring (bicyclic) bond motifs is 1. The van der Waals surface area contributed by atoms with Crippen molar-refractivity contribution in [2.24, 2.45) is 0 Å². The molecule has 0 saturated carbocycles. The molecule has 2 N–H and O–H groups in total. The molecule has 0 unspecified atom stereocenters. The largest absolute Gasteiger partial charge is 0.454 e. The zero-order valence-electron chi connectivity index (χ0n) is 16.4. The SMILES string of the molecule is Cc1ccccc1NS(=O)(=O)c1cc(C(=O)Nc2ccc3c(c2)OCO3)ccc1C. The molecule has 1 amide bonds. The van der Waals surface area contributed by atoms with Gasteiger partial charge in [0, 0.05) is 17.3 Å². The van der Waals surface area contributed by atoms with Gasteiger partial charge in [0.25, 0.3) is 15.9 Å². The van der Waals surface area contributed by atoms with E-state index in [-0.39, 0.29) is 17.3 Å². The van der Waals surface area contributed by atoms with Crippen LogP contribution in [0.5, 0.6) is 11.5 Å². The zero-order chi connectivity index (χ0) is 21.3. The lowest BCUT2D eigenvalue weighted by molar-refractivity contribution is 0.102. The van der Waals surface area contributed by atoms with Crippen LogP contribution in [0.15, 0.2) is 65.6 Å². The first-order chi connectivity index (χ1) is 14.3. The van der Waals surface area contributed by atoms with Gasteiger partial charge in [0.15, 0.2) is 11.5 Å². The van der Waals surface area contributed by atoms with E-state index in [4.69, 9.17) is 9.47 Å². The molecule has 1 aliphatic heterocycles. The molecule has 0 radical (unpaired) electrons. The third-order valence-electron chi connectivity index (χ3n) is 4.76. The maximum atomic E-state index is 13.0. The summed E-state index contributed by atoms with van der Waals surface area (Å²) in [6, 6.07) is 16.7. The van der Waals surface area contributed by atoms with Gasteiger partial charge in [0.1, 0.15) is 0 Å². The van der Waals surface area contributed by atoms with Gasteiger partial charge in [-0.25, -0.2) is 8.42 Å². The Balaban J connectivity index is 1.59. The van der Waals surface area contributed by atoms with Crippen LogP contribution in [0.2, 0.25) is 0 Å². The highest BCUT2D eigenvalue weighted by Crippen LogP contribution is 2.34. The summed E-state index contributed by atoms with van der Waals surface area (Å²) in [5.74, 6) is 0.725. The van der Waals surface area contributed by atoms with Gasteiger partial charge in [-0.1, -0.05) is 24.3 Å². The summed E-state index contributed by atoms with van der Waals surface area (Å²) >= 11 is 0. The lowest BCUT2D eigenvalue weighted by Crippen LogP contribution is -2.17. The maximum absolute atomic E-state index is 13.0. The summed E-state index contributed by atoms with van der Waals surface area (Å²) in [6.07, 6.45) is 0. The van der Waals surface area contributed by atoms with Gasteiger partial charge >= 0.3 is 0 Å². The van der Waals surface area contributed by atoms with Crippen LogP contribution < -0.4 is 19.5 Å². The van der Waals surface area contributed by atoms with Crippen LogP contribution in [0.3, 0.4) is 0 Å². The van der Waals surface area contributed by atoms with Gasteiger partial charge in [-0.3, -0.25) is 9.52 Å². The van der Waals surface area contributed by atoms with E-state index < -0.39 is 15.9 Å². The van der Waals surface area contributed by atoms with Crippen molar-refractivity contribution in [1.29, 1.82) is 0 Å². The summed E-state index contributed by atoms with van der Waals surface area (Å²) < 4.78 is 39.1. The molecule has 30 heavy (non-hydrogen) atoms. The summed E-state index contributed by atoms with van der Waals surface area (Å²) in [5.41, 5.74) is 2.58. The van der Waals surface area contributed by atoms with Crippen molar-refractivity contribution in [2.45, 2.75) is 18.7 Å². The van der Waals surface area contributed by atoms with Crippen LogP contribution in [-0.4, -0.2) is 21.1 Å². The molecule has 0 aliphatic carbocycles. The molecule has 0 atom stereocenters. The molecule has 4 rings (SSSR count). The highest BCUT2D eigenvalue weighted by molar-refractivity contribution is 7.92. The predicted molar refractivity (Wildman–Crippen MR) is 114 cm³/mol. The van der Waals surface area contributed by atoms with Gasteiger partial charge in [-0.2, -0.15) is 0 Å². The predicted octanol–water partition coefficient (Wildman–Crippen LogP) is 4.09. The molecule has 0 fully saturated rings. The Hall–Kier alpha value is -3.52. The minimum atomic E-state index is -3.87. The van der Waals surface area contributed by atoms with Crippen LogP contribution in [0, 0.1) is 13.8 Å². The van der Waals surface area contributed by atoms with Gasteiger partial charge in [-0.15, -0.1) is 0 Å². The quantitative estimate of drug-likeness (QED) is 0.644. The average molecular weight is 424 g/mol. The molecular formula is C22H20N2O5S. The maximum Gasteiger partial charge on any atom is 0.262 e. The minimum Gasteiger partial charge on any atom is -0.454 e. The van der Waals surface area contributed by atoms with Crippen LogP contribution in [0.1, 0.15) is 21.5 Å². The Kier molecular flexibility index (Phi) is 5.09. The first-order valence-corrected chi connectivity index (χ1v) is 10.7. The van der Waals surface area contributed by atoms with Crippen molar-refractivity contribution >= 4 is 27.3 Å². The van der Waals surface area contributed by atoms with E-state index in [1.165, 1.54) is 6.07 Å². The molecule has 0 aromatic heterocycles. The molecule has 154 valence electrons. The lowest BCUT2D eigenvalue weighted by atomic mass is 10.1. The van der Waals surface area contributed by atoms with Crippen molar-refractivity contribution in [3.8, 4) is 11.5 Å². The summed E-state index contributed by atoms with van der Waals surface area (Å²) in [5, 5.41) is 2.76. The fourth-order valence-corrected chi connectivity index (χ4v) is 4.50. The number of benzene rings is 3. The van der Waals surface area contributed by atoms with Crippen molar-refractivity contribution < 1.29 is 22.7 Å². The van der Waals surface area contributed by atoms with E-state index in [1.54, 1.807) is 49.4 Å². The van der Waals surface area contributed by atoms with Crippen molar-refractivity contribution in [2.75, 3.05) is 16.8 Å². The van der Waals surface area contributed by atoms with Gasteiger partial charge in [0.05, 0.1) is 10.6 Å². The average Bonchev–Trinajstić information content (AvgIpc) is 3.17. The molecule has 3 aromatic carbocycles. The summed E-state index contributed by atoms with van der Waals surface area (Å²) in [4.78, 5) is 12.8. The minimum absolute atomic E-state index is 0.0455. The number of sulfonamides is 1. The molecular weight excluding hydrogens is 404 g/mol. The normalized spacial score (nSPS) is 12.5. The van der Waals surface area contributed by atoms with E-state index in [0.717, 1.165) is 5.56 Å². The number of carbonyl (C=O) groups excluding carboxylic acids is 1. The second kappa shape index (κ2) is 7.72. The fraction of sp³-hybridized carbons (Fsp3) is 0.136. The smallest absolute Gasteiger partial charge is 0.262 e. The van der Waals surface area contributed by atoms with Gasteiger partial charge in [0.2, 0.25) is 6.79 Å². The van der Waals surface area contributed by atoms with Gasteiger partial charge in [-0.05, 0) is 55.3 Å². The molecule has 0 bridgehead atoms. The van der Waals surface area contributed by atoms with E-state index in [9.17, 15) is 13.2 Å². The van der Waals surface area contributed by atoms with Crippen LogP contribution in [0.25, 0.3) is 0 Å². The second-order valence-corrected chi connectivity index (χ2v) is 8.57. The topological polar surface area (TPSA) is 93.7 Å². The Morgan fingerprint density at radius 2 is 1.67 bits per heavy atom. The van der Waals surface area contributed by atoms with E-state index in [0.29, 0.717) is 28.4 Å². The third-order valence-corrected chi connectivity index (χ3v) is 6.27. The Bertz CT molecular complexity index is 1240. The monoisotopic (exact) mass is 424 g/mol. The summed E-state index contributed by atoms with van der Waals surface area (Å²) in [7, 11) is -3.87. The third kappa shape index (κ3) is 3.95. The number of ether oxygens (including phenoxy) is 2. The molecule has 7 nitrogen and oxygen atoms in total. The molecule has 1 heterocycles. The van der Waals surface area contributed by atoms with E-state index in [1.807, 2.05) is 19.1 Å². The second-order valence-electron chi connectivity index (χ2n) is 6.92. The Morgan fingerprint density at radius 3 is 2.47 bits per heavy atom. The number of carbonyl (C=O) groups is 1. The van der Waals surface area contributed by atoms with Crippen LogP contribution in [-0.2, 0) is 10.0 Å². The van der Waals surface area contributed by atoms with Crippen molar-refractivity contribution in [1.82, 2.24) is 0 Å². The number of para-hydroxylation sites is 1. The molecule has 1 aliphatic rings. The van der Waals surface area contributed by atoms with Crippen LogP contribution in [0.4, 0.5) is 11.4 Å². The molecule has 3 aromatic rings. The van der Waals surface area contributed by atoms with Crippen molar-refractivity contribution in [3.63, 3.8) is 0 Å². The number of amides is 1. The lowest BCUT2D eigenvalue weighted by Gasteiger charge is -2.13. The molecule has 0 saturated heterocycles. The van der Waals surface area contributed by atoms with Crippen LogP contribution >= 0.6 is 0 Å². The highest BCUT2D eigenvalue weighted by atomic mass is 32.2.